The van der Waals surface area contributed by atoms with Crippen LogP contribution < -0.4 is 18.6 Å². The lowest BCUT2D eigenvalue weighted by Crippen LogP contribution is -2.68. The second-order valence-electron chi connectivity index (χ2n) is 3.47. The summed E-state index contributed by atoms with van der Waals surface area (Å²) in [7, 11) is -2.59. The molecule has 1 aliphatic heterocycles. The number of quaternary nitrogens is 1. The Kier molecular flexibility index (Phi) is 5.13. The summed E-state index contributed by atoms with van der Waals surface area (Å²) in [5.41, 5.74) is 0. The fourth-order valence-electron chi connectivity index (χ4n) is 1.42. The quantitative estimate of drug-likeness (QED) is 0.423. The lowest BCUT2D eigenvalue weighted by Gasteiger charge is -2.26. The van der Waals surface area contributed by atoms with Crippen molar-refractivity contribution in [2.45, 2.75) is 19.8 Å². The van der Waals surface area contributed by atoms with Crippen molar-refractivity contribution in [1.29, 1.82) is 0 Å². The number of rotatable bonds is 1. The molecule has 6 heteroatoms. The molecule has 0 aromatic heterocycles. The largest absolute Gasteiger partial charge is 0.326 e. The smallest absolute Gasteiger partial charge is 0.0786 e. The van der Waals surface area contributed by atoms with Crippen molar-refractivity contribution >= 4 is 0 Å². The number of likely N-dealkylation sites (tertiary alicyclic amines) is 1. The van der Waals surface area contributed by atoms with Gasteiger partial charge in [-0.3, -0.25) is 0 Å². The highest BCUT2D eigenvalue weighted by molar-refractivity contribution is 4.49. The minimum absolute atomic E-state index is 1.32. The third kappa shape index (κ3) is 8.42. The van der Waals surface area contributed by atoms with Gasteiger partial charge in [0.2, 0.25) is 0 Å². The zero-order chi connectivity index (χ0) is 10.5. The molecule has 0 aromatic rings. The summed E-state index contributed by atoms with van der Waals surface area (Å²) in [6, 6.07) is 0. The van der Waals surface area contributed by atoms with Crippen molar-refractivity contribution in [3.8, 4) is 0 Å². The third-order valence-electron chi connectivity index (χ3n) is 2.41. The zero-order valence-electron chi connectivity index (χ0n) is 7.99. The summed E-state index contributed by atoms with van der Waals surface area (Å²) < 4.78 is 35.3. The van der Waals surface area contributed by atoms with Gasteiger partial charge in [-0.05, 0) is 6.92 Å². The van der Waals surface area contributed by atoms with E-state index in [-0.39, 0.29) is 0 Å². The van der Waals surface area contributed by atoms with Gasteiger partial charge in [-0.25, -0.2) is 18.6 Å². The second-order valence-corrected chi connectivity index (χ2v) is 4.22. The minimum Gasteiger partial charge on any atom is -0.326 e. The molecule has 1 saturated heterocycles. The predicted octanol–water partition coefficient (Wildman–Crippen LogP) is -3.51. The van der Waals surface area contributed by atoms with Crippen LogP contribution in [0, 0.1) is 10.2 Å². The Labute approximate surface area is 80.5 Å². The minimum atomic E-state index is -4.94. The van der Waals surface area contributed by atoms with Gasteiger partial charge in [-0.15, -0.1) is 10.2 Å². The molecule has 0 bridgehead atoms. The molecule has 1 heterocycles. The van der Waals surface area contributed by atoms with Gasteiger partial charge >= 0.3 is 0 Å². The molecule has 80 valence electrons. The topological polar surface area (TPSA) is 92.2 Å². The number of hydrogen-bond acceptors (Lipinski definition) is 4. The molecule has 0 radical (unpaired) electrons. The van der Waals surface area contributed by atoms with E-state index in [1.165, 1.54) is 37.0 Å². The Balaban J connectivity index is 0.000000252. The predicted molar refractivity (Wildman–Crippen MR) is 35.7 cm³/mol. The van der Waals surface area contributed by atoms with Crippen LogP contribution in [0.1, 0.15) is 19.8 Å². The molecule has 0 aromatic carbocycles. The fraction of sp³-hybridized carbons (Fsp3) is 1.00. The zero-order valence-corrected chi connectivity index (χ0v) is 8.75. The van der Waals surface area contributed by atoms with E-state index in [1.54, 1.807) is 0 Å². The summed E-state index contributed by atoms with van der Waals surface area (Å²) in [4.78, 5) is 0. The van der Waals surface area contributed by atoms with E-state index in [9.17, 15) is 0 Å². The molecule has 0 aliphatic carbocycles. The van der Waals surface area contributed by atoms with Crippen LogP contribution in [0.25, 0.3) is 0 Å². The fourth-order valence-corrected chi connectivity index (χ4v) is 1.42. The maximum Gasteiger partial charge on any atom is 0.0786 e. The van der Waals surface area contributed by atoms with Gasteiger partial charge in [-0.2, -0.15) is 0 Å². The Hall–Kier alpha value is 0.0900. The van der Waals surface area contributed by atoms with Crippen LogP contribution in [0.4, 0.5) is 0 Å². The van der Waals surface area contributed by atoms with E-state index in [0.717, 1.165) is 0 Å². The molecule has 0 saturated carbocycles. The van der Waals surface area contributed by atoms with Gasteiger partial charge in [0.15, 0.2) is 0 Å². The van der Waals surface area contributed by atoms with E-state index in [2.05, 4.69) is 14.0 Å². The van der Waals surface area contributed by atoms with Gasteiger partial charge in [0, 0.05) is 12.8 Å². The number of hydrogen-bond donors (Lipinski definition) is 0. The Morgan fingerprint density at radius 1 is 1.08 bits per heavy atom. The standard InChI is InChI=1S/C7H16N.ClHO4/c1-3-8(2)6-4-5-7-8;2-1(3,4)5/h3-7H2,1-2H3;(H,2,3,4,5)/q+1;/p-1. The average molecular weight is 214 g/mol. The first kappa shape index (κ1) is 13.1. The summed E-state index contributed by atoms with van der Waals surface area (Å²) in [6.07, 6.45) is 2.90. The highest BCUT2D eigenvalue weighted by atomic mass is 35.7. The molecule has 13 heavy (non-hydrogen) atoms. The molecule has 0 spiro atoms. The molecule has 0 amide bonds. The van der Waals surface area contributed by atoms with Crippen LogP contribution in [0.5, 0.6) is 0 Å². The van der Waals surface area contributed by atoms with Crippen molar-refractivity contribution in [3.05, 3.63) is 0 Å². The van der Waals surface area contributed by atoms with Crippen molar-refractivity contribution in [2.24, 2.45) is 0 Å². The highest BCUT2D eigenvalue weighted by Crippen LogP contribution is 2.14. The van der Waals surface area contributed by atoms with Crippen LogP contribution in [0.2, 0.25) is 0 Å². The van der Waals surface area contributed by atoms with Gasteiger partial charge in [0.25, 0.3) is 0 Å². The SMILES string of the molecule is CC[N+]1(C)CCCC1.[O-][Cl+3]([O-])([O-])[O-]. The molecule has 1 aliphatic rings. The van der Waals surface area contributed by atoms with Gasteiger partial charge in [-0.1, -0.05) is 0 Å². The second kappa shape index (κ2) is 5.09. The van der Waals surface area contributed by atoms with Crippen molar-refractivity contribution in [2.75, 3.05) is 26.7 Å². The van der Waals surface area contributed by atoms with Crippen LogP contribution in [0.15, 0.2) is 0 Å². The van der Waals surface area contributed by atoms with Gasteiger partial charge in [0.05, 0.1) is 26.7 Å². The van der Waals surface area contributed by atoms with Crippen LogP contribution >= 0.6 is 0 Å². The van der Waals surface area contributed by atoms with E-state index >= 15 is 0 Å². The maximum atomic E-state index is 8.49. The monoisotopic (exact) mass is 213 g/mol. The van der Waals surface area contributed by atoms with Gasteiger partial charge in [0.1, 0.15) is 0 Å². The lowest BCUT2D eigenvalue weighted by molar-refractivity contribution is -2.00. The van der Waals surface area contributed by atoms with Crippen molar-refractivity contribution in [1.82, 2.24) is 0 Å². The van der Waals surface area contributed by atoms with Crippen LogP contribution in [0.3, 0.4) is 0 Å². The van der Waals surface area contributed by atoms with E-state index < -0.39 is 10.2 Å². The maximum absolute atomic E-state index is 8.49. The van der Waals surface area contributed by atoms with E-state index in [4.69, 9.17) is 18.6 Å². The van der Waals surface area contributed by atoms with Crippen LogP contribution in [-0.4, -0.2) is 31.2 Å². The Bertz CT molecular complexity index is 136. The van der Waals surface area contributed by atoms with Gasteiger partial charge < -0.3 is 4.48 Å². The average Bonchev–Trinajstić information content (AvgIpc) is 2.34. The first-order valence-corrected chi connectivity index (χ1v) is 5.45. The number of halogens is 1. The van der Waals surface area contributed by atoms with E-state index in [0.29, 0.717) is 0 Å². The Morgan fingerprint density at radius 2 is 1.38 bits per heavy atom. The molecule has 1 rings (SSSR count). The molecule has 5 nitrogen and oxygen atoms in total. The summed E-state index contributed by atoms with van der Waals surface area (Å²) >= 11 is 0. The van der Waals surface area contributed by atoms with E-state index in [1.807, 2.05) is 0 Å². The first-order valence-electron chi connectivity index (χ1n) is 4.22. The van der Waals surface area contributed by atoms with Crippen molar-refractivity contribution in [3.63, 3.8) is 0 Å². The highest BCUT2D eigenvalue weighted by Gasteiger charge is 2.23. The normalized spacial score (nSPS) is 20.8. The van der Waals surface area contributed by atoms with Crippen molar-refractivity contribution < 1.29 is 33.4 Å². The number of nitrogens with zero attached hydrogens (tertiary/aromatic N) is 1. The molecular formula is C7H16ClNO4. The first-order chi connectivity index (χ1) is 5.77. The summed E-state index contributed by atoms with van der Waals surface area (Å²) in [5.74, 6) is 0. The molecular weight excluding hydrogens is 198 g/mol. The summed E-state index contributed by atoms with van der Waals surface area (Å²) in [5, 5.41) is 0. The summed E-state index contributed by atoms with van der Waals surface area (Å²) in [6.45, 7) is 6.43. The molecule has 0 unspecified atom stereocenters. The molecule has 1 fully saturated rings. The molecule has 0 atom stereocenters. The molecule has 0 N–H and O–H groups in total. The third-order valence-corrected chi connectivity index (χ3v) is 2.41. The lowest BCUT2D eigenvalue weighted by atomic mass is 10.4. The van der Waals surface area contributed by atoms with Crippen LogP contribution in [-0.2, 0) is 0 Å². The Morgan fingerprint density at radius 3 is 1.54 bits per heavy atom.